The number of ketones is 1. The van der Waals surface area contributed by atoms with Crippen molar-refractivity contribution >= 4 is 19.9 Å². The molecule has 0 saturated carbocycles. The highest BCUT2D eigenvalue weighted by molar-refractivity contribution is 6.74. The molecule has 4 nitrogen and oxygen atoms in total. The van der Waals surface area contributed by atoms with E-state index in [1.165, 1.54) is 13.0 Å². The van der Waals surface area contributed by atoms with Crippen LogP contribution in [0.2, 0.25) is 18.1 Å². The van der Waals surface area contributed by atoms with E-state index in [0.717, 1.165) is 26.1 Å². The Hall–Kier alpha value is -1.27. The van der Waals surface area contributed by atoms with Crippen molar-refractivity contribution in [3.63, 3.8) is 0 Å². The number of hydrogen-bond acceptors (Lipinski definition) is 4. The fourth-order valence-corrected chi connectivity index (χ4v) is 3.67. The molecule has 24 heavy (non-hydrogen) atoms. The van der Waals surface area contributed by atoms with Gasteiger partial charge in [0.1, 0.15) is 5.82 Å². The molecule has 1 atom stereocenters. The summed E-state index contributed by atoms with van der Waals surface area (Å²) >= 11 is 0. The molecule has 1 aromatic rings. The van der Waals surface area contributed by atoms with Crippen LogP contribution in [0.5, 0.6) is 0 Å². The number of pyridine rings is 1. The Morgan fingerprint density at radius 1 is 1.42 bits per heavy atom. The zero-order chi connectivity index (χ0) is 18.1. The topological polar surface area (TPSA) is 42.4 Å². The van der Waals surface area contributed by atoms with Crippen LogP contribution in [0.15, 0.2) is 12.1 Å². The monoisotopic (exact) mass is 352 g/mol. The van der Waals surface area contributed by atoms with Gasteiger partial charge >= 0.3 is 0 Å². The van der Waals surface area contributed by atoms with Gasteiger partial charge < -0.3 is 9.33 Å². The Bertz CT molecular complexity index is 614. The minimum atomic E-state index is -1.73. The van der Waals surface area contributed by atoms with E-state index in [2.05, 4.69) is 43.7 Å². The quantitative estimate of drug-likeness (QED) is 0.451. The van der Waals surface area contributed by atoms with Gasteiger partial charge in [0.25, 0.3) is 0 Å². The summed E-state index contributed by atoms with van der Waals surface area (Å²) in [7, 11) is -1.73. The van der Waals surface area contributed by atoms with Crippen molar-refractivity contribution in [2.75, 3.05) is 24.6 Å². The van der Waals surface area contributed by atoms with E-state index < -0.39 is 14.3 Å². The lowest BCUT2D eigenvalue weighted by molar-refractivity contribution is 0.101. The van der Waals surface area contributed by atoms with E-state index in [4.69, 9.17) is 4.43 Å². The predicted molar refractivity (Wildman–Crippen MR) is 97.7 cm³/mol. The Labute approximate surface area is 145 Å². The van der Waals surface area contributed by atoms with Gasteiger partial charge in [-0.1, -0.05) is 20.8 Å². The largest absolute Gasteiger partial charge is 0.416 e. The van der Waals surface area contributed by atoms with Gasteiger partial charge in [-0.15, -0.1) is 0 Å². The maximum atomic E-state index is 13.9. The second kappa shape index (κ2) is 6.92. The number of Topliss-reactive ketones (excluding diaryl/α,β-unsaturated/α-hetero) is 1. The Morgan fingerprint density at radius 3 is 2.62 bits per heavy atom. The lowest BCUT2D eigenvalue weighted by Gasteiger charge is -2.37. The van der Waals surface area contributed by atoms with E-state index in [0.29, 0.717) is 11.7 Å². The normalized spacial score (nSPS) is 19.0. The van der Waals surface area contributed by atoms with Crippen LogP contribution in [0.1, 0.15) is 44.5 Å². The first-order valence-corrected chi connectivity index (χ1v) is 11.5. The summed E-state index contributed by atoms with van der Waals surface area (Å²) in [5, 5.41) is 0.207. The standard InChI is InChI=1S/C18H29FN2O2Si/c1-13(22)15-7-8-16(20-17(15)19)21-10-9-14(11-21)12-23-24(5,6)18(2,3)4/h7-8,14H,9-12H2,1-6H3/t14-/m1/s1. The molecule has 0 radical (unpaired) electrons. The zero-order valence-electron chi connectivity index (χ0n) is 15.6. The molecule has 0 aliphatic carbocycles. The average molecular weight is 353 g/mol. The Morgan fingerprint density at radius 2 is 2.08 bits per heavy atom. The Kier molecular flexibility index (Phi) is 5.49. The molecule has 1 aliphatic rings. The number of aromatic nitrogens is 1. The summed E-state index contributed by atoms with van der Waals surface area (Å²) in [6, 6.07) is 3.26. The van der Waals surface area contributed by atoms with Gasteiger partial charge in [0.2, 0.25) is 5.95 Å². The first-order valence-electron chi connectivity index (χ1n) is 8.57. The van der Waals surface area contributed by atoms with Gasteiger partial charge in [-0.05, 0) is 43.6 Å². The molecule has 0 bridgehead atoms. The van der Waals surface area contributed by atoms with Gasteiger partial charge in [0, 0.05) is 25.6 Å². The lowest BCUT2D eigenvalue weighted by atomic mass is 10.1. The number of carbonyl (C=O) groups is 1. The van der Waals surface area contributed by atoms with E-state index in [1.54, 1.807) is 6.07 Å². The molecule has 2 heterocycles. The van der Waals surface area contributed by atoms with Crippen LogP contribution >= 0.6 is 0 Å². The SMILES string of the molecule is CC(=O)c1ccc(N2CC[C@@H](CO[Si](C)(C)C(C)(C)C)C2)nc1F. The highest BCUT2D eigenvalue weighted by Crippen LogP contribution is 2.37. The Balaban J connectivity index is 1.96. The van der Waals surface area contributed by atoms with Crippen molar-refractivity contribution in [2.45, 2.75) is 52.2 Å². The van der Waals surface area contributed by atoms with Crippen LogP contribution < -0.4 is 4.90 Å². The van der Waals surface area contributed by atoms with Crippen molar-refractivity contribution in [1.82, 2.24) is 4.98 Å². The molecule has 0 unspecified atom stereocenters. The molecule has 1 fully saturated rings. The molecular weight excluding hydrogens is 323 g/mol. The number of anilines is 1. The second-order valence-corrected chi connectivity index (χ2v) is 13.0. The summed E-state index contributed by atoms with van der Waals surface area (Å²) in [5.74, 6) is 0.0680. The molecule has 1 saturated heterocycles. The van der Waals surface area contributed by atoms with Crippen molar-refractivity contribution in [3.8, 4) is 0 Å². The van der Waals surface area contributed by atoms with E-state index in [-0.39, 0.29) is 16.4 Å². The van der Waals surface area contributed by atoms with Crippen LogP contribution in [0, 0.1) is 11.9 Å². The molecule has 0 spiro atoms. The van der Waals surface area contributed by atoms with Crippen LogP contribution in [0.3, 0.4) is 0 Å². The number of carbonyl (C=O) groups excluding carboxylic acids is 1. The fraction of sp³-hybridized carbons (Fsp3) is 0.667. The third-order valence-corrected chi connectivity index (χ3v) is 9.81. The highest BCUT2D eigenvalue weighted by Gasteiger charge is 2.38. The minimum Gasteiger partial charge on any atom is -0.416 e. The predicted octanol–water partition coefficient (Wildman–Crippen LogP) is 4.27. The van der Waals surface area contributed by atoms with Crippen LogP contribution in [-0.2, 0) is 4.43 Å². The molecule has 2 rings (SSSR count). The summed E-state index contributed by atoms with van der Waals surface area (Å²) in [4.78, 5) is 17.3. The third kappa shape index (κ3) is 4.22. The van der Waals surface area contributed by atoms with E-state index in [9.17, 15) is 9.18 Å². The van der Waals surface area contributed by atoms with Crippen molar-refractivity contribution < 1.29 is 13.6 Å². The number of halogens is 1. The lowest BCUT2D eigenvalue weighted by Crippen LogP contribution is -2.42. The molecule has 0 N–H and O–H groups in total. The van der Waals surface area contributed by atoms with Crippen molar-refractivity contribution in [2.24, 2.45) is 5.92 Å². The average Bonchev–Trinajstić information content (AvgIpc) is 2.92. The molecule has 134 valence electrons. The zero-order valence-corrected chi connectivity index (χ0v) is 16.6. The van der Waals surface area contributed by atoms with Crippen LogP contribution in [0.25, 0.3) is 0 Å². The molecule has 1 aromatic heterocycles. The van der Waals surface area contributed by atoms with Gasteiger partial charge in [-0.2, -0.15) is 4.39 Å². The van der Waals surface area contributed by atoms with Crippen molar-refractivity contribution in [1.29, 1.82) is 0 Å². The van der Waals surface area contributed by atoms with Crippen LogP contribution in [-0.4, -0.2) is 38.8 Å². The molecule has 1 aliphatic heterocycles. The molecule has 6 heteroatoms. The van der Waals surface area contributed by atoms with Crippen molar-refractivity contribution in [3.05, 3.63) is 23.6 Å². The smallest absolute Gasteiger partial charge is 0.225 e. The van der Waals surface area contributed by atoms with Crippen LogP contribution in [0.4, 0.5) is 10.2 Å². The fourth-order valence-electron chi connectivity index (χ4n) is 2.58. The molecular formula is C18H29FN2O2Si. The highest BCUT2D eigenvalue weighted by atomic mass is 28.4. The number of nitrogens with zero attached hydrogens (tertiary/aromatic N) is 2. The van der Waals surface area contributed by atoms with Gasteiger partial charge in [0.15, 0.2) is 14.1 Å². The van der Waals surface area contributed by atoms with E-state index in [1.807, 2.05) is 0 Å². The number of hydrogen-bond donors (Lipinski definition) is 0. The first kappa shape index (κ1) is 19.1. The maximum Gasteiger partial charge on any atom is 0.225 e. The molecule has 0 aromatic carbocycles. The van der Waals surface area contributed by atoms with Gasteiger partial charge in [-0.3, -0.25) is 4.79 Å². The van der Waals surface area contributed by atoms with Gasteiger partial charge in [0.05, 0.1) is 5.56 Å². The molecule has 0 amide bonds. The summed E-state index contributed by atoms with van der Waals surface area (Å²) in [5.41, 5.74) is 0.0516. The van der Waals surface area contributed by atoms with Gasteiger partial charge in [-0.25, -0.2) is 4.98 Å². The summed E-state index contributed by atoms with van der Waals surface area (Å²) < 4.78 is 20.2. The van der Waals surface area contributed by atoms with E-state index >= 15 is 0 Å². The summed E-state index contributed by atoms with van der Waals surface area (Å²) in [6.45, 7) is 15.0. The first-order chi connectivity index (χ1) is 11.0. The maximum absolute atomic E-state index is 13.9. The summed E-state index contributed by atoms with van der Waals surface area (Å²) in [6.07, 6.45) is 1.02. The second-order valence-electron chi connectivity index (χ2n) is 8.24. The number of rotatable bonds is 5. The minimum absolute atomic E-state index is 0.0516. The third-order valence-electron chi connectivity index (χ3n) is 5.31.